The van der Waals surface area contributed by atoms with Gasteiger partial charge in [0.15, 0.2) is 6.61 Å². The van der Waals surface area contributed by atoms with Crippen LogP contribution in [0.4, 0.5) is 0 Å². The molecule has 1 aromatic rings. The summed E-state index contributed by atoms with van der Waals surface area (Å²) >= 11 is 0. The Kier molecular flexibility index (Phi) is 5.59. The van der Waals surface area contributed by atoms with Crippen LogP contribution in [0.25, 0.3) is 0 Å². The van der Waals surface area contributed by atoms with E-state index >= 15 is 0 Å². The van der Waals surface area contributed by atoms with Gasteiger partial charge in [-0.15, -0.1) is 0 Å². The van der Waals surface area contributed by atoms with E-state index in [-0.39, 0.29) is 12.6 Å². The second-order valence-electron chi connectivity index (χ2n) is 3.38. The van der Waals surface area contributed by atoms with Gasteiger partial charge in [-0.1, -0.05) is 18.8 Å². The van der Waals surface area contributed by atoms with Gasteiger partial charge in [-0.05, 0) is 18.2 Å². The number of carbonyl (C=O) groups excluding carboxylic acids is 1. The fourth-order valence-corrected chi connectivity index (χ4v) is 1.26. The van der Waals surface area contributed by atoms with Gasteiger partial charge in [-0.25, -0.2) is 0 Å². The molecule has 0 unspecified atom stereocenters. The first kappa shape index (κ1) is 13.9. The van der Waals surface area contributed by atoms with E-state index in [4.69, 9.17) is 14.2 Å². The van der Waals surface area contributed by atoms with Gasteiger partial charge in [0.2, 0.25) is 0 Å². The molecule has 0 spiro atoms. The lowest BCUT2D eigenvalue weighted by Gasteiger charge is -2.05. The summed E-state index contributed by atoms with van der Waals surface area (Å²) in [5, 5.41) is 0. The summed E-state index contributed by atoms with van der Waals surface area (Å²) in [6.45, 7) is 1.81. The van der Waals surface area contributed by atoms with E-state index in [1.807, 2.05) is 0 Å². The van der Waals surface area contributed by atoms with E-state index < -0.39 is 0 Å². The van der Waals surface area contributed by atoms with E-state index in [0.29, 0.717) is 23.5 Å². The maximum Gasteiger partial charge on any atom is 0.306 e. The molecule has 0 fully saturated rings. The maximum absolute atomic E-state index is 10.9. The SMILES string of the molecule is CCC(=O)OCC#Cc1cc(OC)ccc1OC. The minimum absolute atomic E-state index is 0.0764. The van der Waals surface area contributed by atoms with Crippen LogP contribution in [0.3, 0.4) is 0 Å². The first-order chi connectivity index (χ1) is 8.71. The average Bonchev–Trinajstić information content (AvgIpc) is 2.42. The van der Waals surface area contributed by atoms with E-state index in [2.05, 4.69) is 11.8 Å². The number of esters is 1. The molecule has 1 rings (SSSR count). The highest BCUT2D eigenvalue weighted by molar-refractivity contribution is 5.69. The number of hydrogen-bond acceptors (Lipinski definition) is 4. The summed E-state index contributed by atoms with van der Waals surface area (Å²) in [6.07, 6.45) is 0.351. The van der Waals surface area contributed by atoms with Gasteiger partial charge in [-0.2, -0.15) is 0 Å². The van der Waals surface area contributed by atoms with Crippen LogP contribution >= 0.6 is 0 Å². The highest BCUT2D eigenvalue weighted by Gasteiger charge is 2.02. The molecule has 0 N–H and O–H groups in total. The Balaban J connectivity index is 2.76. The quantitative estimate of drug-likeness (QED) is 0.604. The summed E-state index contributed by atoms with van der Waals surface area (Å²) in [4.78, 5) is 10.9. The van der Waals surface area contributed by atoms with Crippen LogP contribution in [0.1, 0.15) is 18.9 Å². The third-order valence-electron chi connectivity index (χ3n) is 2.22. The molecule has 0 aromatic heterocycles. The van der Waals surface area contributed by atoms with Crippen LogP contribution in [-0.4, -0.2) is 26.8 Å². The van der Waals surface area contributed by atoms with Crippen molar-refractivity contribution in [3.05, 3.63) is 23.8 Å². The largest absolute Gasteiger partial charge is 0.497 e. The lowest BCUT2D eigenvalue weighted by Crippen LogP contribution is -2.01. The third kappa shape index (κ3) is 4.02. The first-order valence-electron chi connectivity index (χ1n) is 5.57. The summed E-state index contributed by atoms with van der Waals surface area (Å²) in [7, 11) is 3.16. The lowest BCUT2D eigenvalue weighted by atomic mass is 10.2. The van der Waals surface area contributed by atoms with Gasteiger partial charge >= 0.3 is 5.97 Å². The molecule has 0 aliphatic carbocycles. The van der Waals surface area contributed by atoms with Crippen molar-refractivity contribution in [1.29, 1.82) is 0 Å². The molecule has 4 heteroatoms. The van der Waals surface area contributed by atoms with Crippen molar-refractivity contribution >= 4 is 5.97 Å². The van der Waals surface area contributed by atoms with E-state index in [1.54, 1.807) is 39.3 Å². The van der Waals surface area contributed by atoms with Crippen molar-refractivity contribution in [2.24, 2.45) is 0 Å². The normalized spacial score (nSPS) is 9.06. The number of carbonyl (C=O) groups is 1. The molecule has 0 aliphatic rings. The standard InChI is InChI=1S/C14H16O4/c1-4-14(15)18-9-5-6-11-10-12(16-2)7-8-13(11)17-3/h7-8,10H,4,9H2,1-3H3. The molecular weight excluding hydrogens is 232 g/mol. The van der Waals surface area contributed by atoms with Crippen molar-refractivity contribution in [2.45, 2.75) is 13.3 Å². The predicted octanol–water partition coefficient (Wildman–Crippen LogP) is 2.01. The molecule has 0 saturated heterocycles. The second kappa shape index (κ2) is 7.23. The Morgan fingerprint density at radius 3 is 2.67 bits per heavy atom. The molecule has 0 radical (unpaired) electrons. The van der Waals surface area contributed by atoms with Crippen LogP contribution < -0.4 is 9.47 Å². The van der Waals surface area contributed by atoms with Gasteiger partial charge in [0, 0.05) is 6.42 Å². The van der Waals surface area contributed by atoms with Crippen molar-refractivity contribution in [2.75, 3.05) is 20.8 Å². The van der Waals surface area contributed by atoms with Crippen LogP contribution in [0, 0.1) is 11.8 Å². The number of ether oxygens (including phenoxy) is 3. The Hall–Kier alpha value is -2.15. The molecule has 96 valence electrons. The van der Waals surface area contributed by atoms with Crippen LogP contribution in [0.15, 0.2) is 18.2 Å². The molecule has 0 amide bonds. The predicted molar refractivity (Wildman–Crippen MR) is 67.7 cm³/mol. The van der Waals surface area contributed by atoms with Crippen LogP contribution in [0.2, 0.25) is 0 Å². The zero-order chi connectivity index (χ0) is 13.4. The maximum atomic E-state index is 10.9. The molecule has 0 bridgehead atoms. The molecule has 18 heavy (non-hydrogen) atoms. The third-order valence-corrected chi connectivity index (χ3v) is 2.22. The summed E-state index contributed by atoms with van der Waals surface area (Å²) in [5.41, 5.74) is 0.699. The van der Waals surface area contributed by atoms with Gasteiger partial charge in [0.05, 0.1) is 19.8 Å². The number of hydrogen-bond donors (Lipinski definition) is 0. The van der Waals surface area contributed by atoms with E-state index in [1.165, 1.54) is 0 Å². The molecule has 1 aromatic carbocycles. The number of benzene rings is 1. The zero-order valence-electron chi connectivity index (χ0n) is 10.8. The Labute approximate surface area is 107 Å². The Bertz CT molecular complexity index is 468. The Morgan fingerprint density at radius 2 is 2.06 bits per heavy atom. The second-order valence-corrected chi connectivity index (χ2v) is 3.38. The molecule has 4 nitrogen and oxygen atoms in total. The minimum atomic E-state index is -0.262. The van der Waals surface area contributed by atoms with Crippen molar-refractivity contribution in [3.8, 4) is 23.3 Å². The summed E-state index contributed by atoms with van der Waals surface area (Å²) < 4.78 is 15.1. The van der Waals surface area contributed by atoms with Gasteiger partial charge < -0.3 is 14.2 Å². The van der Waals surface area contributed by atoms with Crippen LogP contribution in [0.5, 0.6) is 11.5 Å². The molecule has 0 atom stereocenters. The van der Waals surface area contributed by atoms with Crippen molar-refractivity contribution in [3.63, 3.8) is 0 Å². The van der Waals surface area contributed by atoms with Gasteiger partial charge in [0.25, 0.3) is 0 Å². The topological polar surface area (TPSA) is 44.8 Å². The number of methoxy groups -OCH3 is 2. The van der Waals surface area contributed by atoms with Crippen molar-refractivity contribution in [1.82, 2.24) is 0 Å². The zero-order valence-corrected chi connectivity index (χ0v) is 10.8. The fraction of sp³-hybridized carbons (Fsp3) is 0.357. The van der Waals surface area contributed by atoms with Crippen LogP contribution in [-0.2, 0) is 9.53 Å². The molecule has 0 heterocycles. The van der Waals surface area contributed by atoms with E-state index in [0.717, 1.165) is 0 Å². The molecule has 0 aliphatic heterocycles. The monoisotopic (exact) mass is 248 g/mol. The smallest absolute Gasteiger partial charge is 0.306 e. The summed E-state index contributed by atoms with van der Waals surface area (Å²) in [6, 6.07) is 5.34. The highest BCUT2D eigenvalue weighted by atomic mass is 16.5. The van der Waals surface area contributed by atoms with E-state index in [9.17, 15) is 4.79 Å². The summed E-state index contributed by atoms with van der Waals surface area (Å²) in [5.74, 6) is 6.75. The lowest BCUT2D eigenvalue weighted by molar-refractivity contribution is -0.141. The van der Waals surface area contributed by atoms with Gasteiger partial charge in [-0.3, -0.25) is 4.79 Å². The highest BCUT2D eigenvalue weighted by Crippen LogP contribution is 2.22. The minimum Gasteiger partial charge on any atom is -0.497 e. The number of rotatable bonds is 4. The molecule has 0 saturated carbocycles. The Morgan fingerprint density at radius 1 is 1.28 bits per heavy atom. The van der Waals surface area contributed by atoms with Gasteiger partial charge in [0.1, 0.15) is 11.5 Å². The average molecular weight is 248 g/mol. The van der Waals surface area contributed by atoms with Crippen molar-refractivity contribution < 1.29 is 19.0 Å². The molecular formula is C14H16O4. The first-order valence-corrected chi connectivity index (χ1v) is 5.57. The fourth-order valence-electron chi connectivity index (χ4n) is 1.26.